The van der Waals surface area contributed by atoms with Crippen molar-refractivity contribution in [1.82, 2.24) is 20.0 Å². The van der Waals surface area contributed by atoms with Crippen molar-refractivity contribution in [1.29, 1.82) is 0 Å². The van der Waals surface area contributed by atoms with Gasteiger partial charge in [0.2, 0.25) is 0 Å². The van der Waals surface area contributed by atoms with E-state index in [4.69, 9.17) is 9.47 Å². The van der Waals surface area contributed by atoms with Gasteiger partial charge in [0.25, 0.3) is 0 Å². The van der Waals surface area contributed by atoms with E-state index in [1.165, 1.54) is 5.39 Å². The number of benzene rings is 1. The number of ether oxygens (including phenoxy) is 2. The minimum absolute atomic E-state index is 0.0519. The molecule has 1 aliphatic heterocycles. The second kappa shape index (κ2) is 5.31. The van der Waals surface area contributed by atoms with Gasteiger partial charge in [-0.2, -0.15) is 0 Å². The Morgan fingerprint density at radius 1 is 1.29 bits per heavy atom. The fourth-order valence-electron chi connectivity index (χ4n) is 2.57. The maximum absolute atomic E-state index is 5.62. The molecule has 6 heteroatoms. The van der Waals surface area contributed by atoms with Gasteiger partial charge in [0.05, 0.1) is 38.3 Å². The Morgan fingerprint density at radius 2 is 2.24 bits per heavy atom. The van der Waals surface area contributed by atoms with Crippen molar-refractivity contribution in [3.63, 3.8) is 0 Å². The molecule has 1 atom stereocenters. The van der Waals surface area contributed by atoms with Crippen molar-refractivity contribution in [3.8, 4) is 11.4 Å². The van der Waals surface area contributed by atoms with Gasteiger partial charge in [0.1, 0.15) is 11.8 Å². The first-order valence-corrected chi connectivity index (χ1v) is 7.06. The fraction of sp³-hybridized carbons (Fsp3) is 0.333. The molecule has 0 unspecified atom stereocenters. The van der Waals surface area contributed by atoms with Crippen LogP contribution in [0.1, 0.15) is 0 Å². The smallest absolute Gasteiger partial charge is 0.129 e. The molecule has 0 radical (unpaired) electrons. The Labute approximate surface area is 121 Å². The molecule has 1 fully saturated rings. The third-order valence-electron chi connectivity index (χ3n) is 3.62. The molecule has 3 aromatic rings. The summed E-state index contributed by atoms with van der Waals surface area (Å²) < 4.78 is 12.8. The van der Waals surface area contributed by atoms with Crippen LogP contribution in [0.25, 0.3) is 22.3 Å². The number of hydrogen-bond acceptors (Lipinski definition) is 4. The lowest BCUT2D eigenvalue weighted by molar-refractivity contribution is -0.0947. The van der Waals surface area contributed by atoms with Crippen molar-refractivity contribution in [2.45, 2.75) is 12.6 Å². The van der Waals surface area contributed by atoms with Crippen LogP contribution in [0.4, 0.5) is 0 Å². The number of fused-ring (bicyclic) bond motifs is 1. The highest BCUT2D eigenvalue weighted by molar-refractivity contribution is 5.84. The van der Waals surface area contributed by atoms with E-state index in [9.17, 15) is 0 Å². The Bertz CT molecular complexity index is 710. The van der Waals surface area contributed by atoms with Gasteiger partial charge in [-0.25, -0.2) is 4.68 Å². The molecule has 108 valence electrons. The van der Waals surface area contributed by atoms with Crippen LogP contribution in [0.3, 0.4) is 0 Å². The molecule has 0 spiro atoms. The molecule has 4 rings (SSSR count). The highest BCUT2D eigenvalue weighted by atomic mass is 16.6. The number of H-pyrrole nitrogens is 1. The molecule has 0 amide bonds. The highest BCUT2D eigenvalue weighted by Crippen LogP contribution is 2.22. The minimum Gasteiger partial charge on any atom is -0.376 e. The van der Waals surface area contributed by atoms with Gasteiger partial charge in [-0.05, 0) is 12.1 Å². The standard InChI is InChI=1S/C15H16N4O2/c1-2-4-13-11(3-1)7-14(16-13)15-9-19(18-17-15)8-12-10-20-5-6-21-12/h1-4,7,9,12,16H,5-6,8,10H2/t12-/m0/s1. The Kier molecular flexibility index (Phi) is 3.17. The van der Waals surface area contributed by atoms with Crippen LogP contribution in [-0.2, 0) is 16.0 Å². The molecule has 0 aliphatic carbocycles. The monoisotopic (exact) mass is 284 g/mol. The highest BCUT2D eigenvalue weighted by Gasteiger charge is 2.16. The Morgan fingerprint density at radius 3 is 3.10 bits per heavy atom. The van der Waals surface area contributed by atoms with E-state index in [1.807, 2.05) is 18.3 Å². The van der Waals surface area contributed by atoms with Crippen molar-refractivity contribution < 1.29 is 9.47 Å². The number of hydrogen-bond donors (Lipinski definition) is 1. The molecule has 0 saturated carbocycles. The summed E-state index contributed by atoms with van der Waals surface area (Å²) in [5.74, 6) is 0. The summed E-state index contributed by atoms with van der Waals surface area (Å²) in [6.45, 7) is 2.59. The zero-order chi connectivity index (χ0) is 14.1. The second-order valence-electron chi connectivity index (χ2n) is 5.16. The number of nitrogens with one attached hydrogen (secondary N) is 1. The first-order chi connectivity index (χ1) is 10.4. The van der Waals surface area contributed by atoms with E-state index in [2.05, 4.69) is 33.5 Å². The third-order valence-corrected chi connectivity index (χ3v) is 3.62. The van der Waals surface area contributed by atoms with Crippen molar-refractivity contribution >= 4 is 10.9 Å². The van der Waals surface area contributed by atoms with E-state index < -0.39 is 0 Å². The van der Waals surface area contributed by atoms with E-state index in [0.29, 0.717) is 26.4 Å². The molecule has 1 aliphatic rings. The van der Waals surface area contributed by atoms with Crippen LogP contribution in [0.5, 0.6) is 0 Å². The lowest BCUT2D eigenvalue weighted by Crippen LogP contribution is -2.32. The second-order valence-corrected chi connectivity index (χ2v) is 5.16. The summed E-state index contributed by atoms with van der Waals surface area (Å²) in [4.78, 5) is 3.36. The van der Waals surface area contributed by atoms with Crippen LogP contribution in [0.15, 0.2) is 36.5 Å². The summed E-state index contributed by atoms with van der Waals surface area (Å²) >= 11 is 0. The quantitative estimate of drug-likeness (QED) is 0.797. The van der Waals surface area contributed by atoms with E-state index in [0.717, 1.165) is 16.9 Å². The molecule has 1 aromatic carbocycles. The number of aromatic amines is 1. The van der Waals surface area contributed by atoms with Gasteiger partial charge in [-0.3, -0.25) is 0 Å². The third kappa shape index (κ3) is 2.55. The normalized spacial score (nSPS) is 19.1. The summed E-state index contributed by atoms with van der Waals surface area (Å²) in [5.41, 5.74) is 2.91. The SMILES string of the molecule is c1ccc2[nH]c(-c3cn(C[C@H]4COCCO4)nn3)cc2c1. The van der Waals surface area contributed by atoms with Crippen molar-refractivity contribution in [2.75, 3.05) is 19.8 Å². The maximum Gasteiger partial charge on any atom is 0.129 e. The summed E-state index contributed by atoms with van der Waals surface area (Å²) in [6, 6.07) is 10.3. The van der Waals surface area contributed by atoms with Crippen LogP contribution < -0.4 is 0 Å². The largest absolute Gasteiger partial charge is 0.376 e. The molecule has 0 bridgehead atoms. The summed E-state index contributed by atoms with van der Waals surface area (Å²) in [5, 5.41) is 9.57. The van der Waals surface area contributed by atoms with E-state index in [-0.39, 0.29) is 6.10 Å². The Hall–Kier alpha value is -2.18. The number of nitrogens with zero attached hydrogens (tertiary/aromatic N) is 3. The van der Waals surface area contributed by atoms with Gasteiger partial charge >= 0.3 is 0 Å². The topological polar surface area (TPSA) is 65.0 Å². The summed E-state index contributed by atoms with van der Waals surface area (Å²) in [6.07, 6.45) is 1.99. The lowest BCUT2D eigenvalue weighted by Gasteiger charge is -2.22. The lowest BCUT2D eigenvalue weighted by atomic mass is 10.2. The predicted molar refractivity (Wildman–Crippen MR) is 77.9 cm³/mol. The van der Waals surface area contributed by atoms with Gasteiger partial charge in [-0.1, -0.05) is 23.4 Å². The van der Waals surface area contributed by atoms with Crippen LogP contribution in [0.2, 0.25) is 0 Å². The molecular weight excluding hydrogens is 268 g/mol. The number of rotatable bonds is 3. The fourth-order valence-corrected chi connectivity index (χ4v) is 2.57. The summed E-state index contributed by atoms with van der Waals surface area (Å²) in [7, 11) is 0. The first kappa shape index (κ1) is 12.6. The molecule has 3 heterocycles. The molecule has 2 aromatic heterocycles. The van der Waals surface area contributed by atoms with E-state index in [1.54, 1.807) is 4.68 Å². The predicted octanol–water partition coefficient (Wildman–Crippen LogP) is 1.84. The van der Waals surface area contributed by atoms with Crippen LogP contribution in [0, 0.1) is 0 Å². The van der Waals surface area contributed by atoms with Crippen LogP contribution in [-0.4, -0.2) is 45.9 Å². The average Bonchev–Trinajstić information content (AvgIpc) is 3.14. The van der Waals surface area contributed by atoms with Gasteiger partial charge in [-0.15, -0.1) is 5.10 Å². The van der Waals surface area contributed by atoms with Gasteiger partial charge in [0.15, 0.2) is 0 Å². The molecule has 6 nitrogen and oxygen atoms in total. The maximum atomic E-state index is 5.62. The zero-order valence-electron chi connectivity index (χ0n) is 11.5. The average molecular weight is 284 g/mol. The van der Waals surface area contributed by atoms with Crippen LogP contribution >= 0.6 is 0 Å². The van der Waals surface area contributed by atoms with Gasteiger partial charge in [0, 0.05) is 10.9 Å². The number of aromatic nitrogens is 4. The number of para-hydroxylation sites is 1. The minimum atomic E-state index is 0.0519. The van der Waals surface area contributed by atoms with Crippen molar-refractivity contribution in [3.05, 3.63) is 36.5 Å². The molecule has 1 saturated heterocycles. The van der Waals surface area contributed by atoms with Crippen molar-refractivity contribution in [2.24, 2.45) is 0 Å². The van der Waals surface area contributed by atoms with E-state index >= 15 is 0 Å². The zero-order valence-corrected chi connectivity index (χ0v) is 11.5. The molecular formula is C15H16N4O2. The Balaban J connectivity index is 1.55. The molecule has 21 heavy (non-hydrogen) atoms. The first-order valence-electron chi connectivity index (χ1n) is 7.06. The molecule has 1 N–H and O–H groups in total. The van der Waals surface area contributed by atoms with Gasteiger partial charge < -0.3 is 14.5 Å².